The van der Waals surface area contributed by atoms with Gasteiger partial charge in [0.15, 0.2) is 0 Å². The second-order valence-corrected chi connectivity index (χ2v) is 2.78. The largest absolute Gasteiger partial charge is 0.480 e. The van der Waals surface area contributed by atoms with Crippen LogP contribution in [0, 0.1) is 0 Å². The zero-order valence-electron chi connectivity index (χ0n) is 7.55. The van der Waals surface area contributed by atoms with Crippen molar-refractivity contribution in [1.82, 2.24) is 5.32 Å². The van der Waals surface area contributed by atoms with Gasteiger partial charge >= 0.3 is 5.97 Å². The van der Waals surface area contributed by atoms with Crippen molar-refractivity contribution in [3.63, 3.8) is 0 Å². The molecule has 0 aliphatic carbocycles. The maximum atomic E-state index is 10.6. The van der Waals surface area contributed by atoms with Gasteiger partial charge in [0, 0.05) is 13.1 Å². The lowest BCUT2D eigenvalue weighted by Crippen LogP contribution is -2.39. The Morgan fingerprint density at radius 1 is 1.67 bits per heavy atom. The third kappa shape index (κ3) is 5.09. The van der Waals surface area contributed by atoms with E-state index in [4.69, 9.17) is 10.8 Å². The summed E-state index contributed by atoms with van der Waals surface area (Å²) in [6.45, 7) is 3.10. The Kier molecular flexibility index (Phi) is 6.70. The van der Waals surface area contributed by atoms with E-state index in [0.717, 1.165) is 12.8 Å². The molecule has 4 nitrogen and oxygen atoms in total. The minimum absolute atomic E-state index is 0.423. The molecule has 0 heterocycles. The minimum atomic E-state index is -0.781. The van der Waals surface area contributed by atoms with Gasteiger partial charge in [0.05, 0.1) is 0 Å². The molecule has 0 aliphatic rings. The summed E-state index contributed by atoms with van der Waals surface area (Å²) in [5, 5.41) is 11.6. The Hall–Kier alpha value is -0.610. The second-order valence-electron chi connectivity index (χ2n) is 2.78. The molecule has 0 aromatic carbocycles. The lowest BCUT2D eigenvalue weighted by molar-refractivity contribution is -0.139. The molecule has 0 aromatic heterocycles. The number of unbranched alkanes of at least 4 members (excludes halogenated alkanes) is 1. The third-order valence-corrected chi connectivity index (χ3v) is 1.68. The van der Waals surface area contributed by atoms with Gasteiger partial charge in [-0.15, -0.1) is 0 Å². The molecule has 72 valence electrons. The van der Waals surface area contributed by atoms with Gasteiger partial charge in [-0.25, -0.2) is 0 Å². The van der Waals surface area contributed by atoms with Crippen LogP contribution in [0.15, 0.2) is 0 Å². The van der Waals surface area contributed by atoms with Crippen molar-refractivity contribution in [2.24, 2.45) is 5.73 Å². The summed E-state index contributed by atoms with van der Waals surface area (Å²) in [4.78, 5) is 10.6. The molecule has 0 radical (unpaired) electrons. The van der Waals surface area contributed by atoms with Crippen molar-refractivity contribution in [3.8, 4) is 0 Å². The van der Waals surface area contributed by atoms with E-state index in [-0.39, 0.29) is 0 Å². The molecule has 4 N–H and O–H groups in total. The number of carboxylic acids is 1. The zero-order valence-corrected chi connectivity index (χ0v) is 7.55. The Balaban J connectivity index is 3.62. The fraction of sp³-hybridized carbons (Fsp3) is 0.875. The molecule has 0 saturated carbocycles. The van der Waals surface area contributed by atoms with Crippen LogP contribution in [-0.2, 0) is 4.79 Å². The monoisotopic (exact) mass is 174 g/mol. The molecule has 0 aliphatic heterocycles. The van der Waals surface area contributed by atoms with Crippen LogP contribution in [0.25, 0.3) is 0 Å². The summed E-state index contributed by atoms with van der Waals surface area (Å²) in [5.74, 6) is -0.781. The molecule has 4 heteroatoms. The van der Waals surface area contributed by atoms with Crippen molar-refractivity contribution < 1.29 is 9.90 Å². The lowest BCUT2D eigenvalue weighted by atomic mass is 10.1. The molecule has 0 spiro atoms. The molecule has 0 amide bonds. The van der Waals surface area contributed by atoms with Gasteiger partial charge in [0.1, 0.15) is 6.04 Å². The first-order valence-electron chi connectivity index (χ1n) is 4.38. The first-order chi connectivity index (χ1) is 5.72. The van der Waals surface area contributed by atoms with Crippen molar-refractivity contribution in [1.29, 1.82) is 0 Å². The highest BCUT2D eigenvalue weighted by atomic mass is 16.4. The summed E-state index contributed by atoms with van der Waals surface area (Å²) < 4.78 is 0. The molecule has 0 aromatic rings. The van der Waals surface area contributed by atoms with Gasteiger partial charge in [-0.05, 0) is 6.42 Å². The van der Waals surface area contributed by atoms with Crippen LogP contribution in [0.1, 0.15) is 26.2 Å². The van der Waals surface area contributed by atoms with Crippen LogP contribution in [0.3, 0.4) is 0 Å². The molecule has 1 unspecified atom stereocenters. The molecule has 0 rings (SSSR count). The molecular weight excluding hydrogens is 156 g/mol. The Bertz CT molecular complexity index is 120. The van der Waals surface area contributed by atoms with Crippen LogP contribution in [0.4, 0.5) is 0 Å². The van der Waals surface area contributed by atoms with Crippen molar-refractivity contribution in [2.45, 2.75) is 32.2 Å². The topological polar surface area (TPSA) is 75.3 Å². The van der Waals surface area contributed by atoms with E-state index >= 15 is 0 Å². The number of nitrogens with one attached hydrogen (secondary N) is 1. The SMILES string of the molecule is CCCCC(NCCN)C(=O)O. The normalized spacial score (nSPS) is 12.8. The quantitative estimate of drug-likeness (QED) is 0.514. The van der Waals surface area contributed by atoms with Crippen LogP contribution >= 0.6 is 0 Å². The number of hydrogen-bond donors (Lipinski definition) is 3. The molecule has 12 heavy (non-hydrogen) atoms. The second kappa shape index (κ2) is 7.06. The van der Waals surface area contributed by atoms with E-state index in [2.05, 4.69) is 5.32 Å². The van der Waals surface area contributed by atoms with Gasteiger partial charge in [0.2, 0.25) is 0 Å². The lowest BCUT2D eigenvalue weighted by Gasteiger charge is -2.12. The van der Waals surface area contributed by atoms with E-state index < -0.39 is 12.0 Å². The predicted molar refractivity (Wildman–Crippen MR) is 48.0 cm³/mol. The number of carboxylic acid groups (broad SMARTS) is 1. The average Bonchev–Trinajstić information content (AvgIpc) is 2.04. The van der Waals surface area contributed by atoms with E-state index in [1.807, 2.05) is 6.92 Å². The number of hydrogen-bond acceptors (Lipinski definition) is 3. The molecule has 0 bridgehead atoms. The Morgan fingerprint density at radius 2 is 2.33 bits per heavy atom. The van der Waals surface area contributed by atoms with E-state index in [9.17, 15) is 4.79 Å². The van der Waals surface area contributed by atoms with Gasteiger partial charge < -0.3 is 16.2 Å². The van der Waals surface area contributed by atoms with Gasteiger partial charge in [0.25, 0.3) is 0 Å². The van der Waals surface area contributed by atoms with Crippen LogP contribution in [0.2, 0.25) is 0 Å². The molecule has 0 fully saturated rings. The smallest absolute Gasteiger partial charge is 0.320 e. The number of rotatable bonds is 7. The molecular formula is C8H18N2O2. The standard InChI is InChI=1S/C8H18N2O2/c1-2-3-4-7(8(11)12)10-6-5-9/h7,10H,2-6,9H2,1H3,(H,11,12). The van der Waals surface area contributed by atoms with Crippen molar-refractivity contribution >= 4 is 5.97 Å². The van der Waals surface area contributed by atoms with Gasteiger partial charge in [-0.1, -0.05) is 19.8 Å². The fourth-order valence-electron chi connectivity index (χ4n) is 0.979. The first-order valence-corrected chi connectivity index (χ1v) is 4.38. The predicted octanol–water partition coefficient (Wildman–Crippen LogP) is 0.178. The number of carbonyl (C=O) groups is 1. The zero-order chi connectivity index (χ0) is 9.40. The van der Waals surface area contributed by atoms with E-state index in [0.29, 0.717) is 19.5 Å². The van der Waals surface area contributed by atoms with Crippen molar-refractivity contribution in [3.05, 3.63) is 0 Å². The summed E-state index contributed by atoms with van der Waals surface area (Å²) in [6.07, 6.45) is 2.65. The van der Waals surface area contributed by atoms with Gasteiger partial charge in [-0.3, -0.25) is 4.79 Å². The first kappa shape index (κ1) is 11.4. The fourth-order valence-corrected chi connectivity index (χ4v) is 0.979. The third-order valence-electron chi connectivity index (χ3n) is 1.68. The Labute approximate surface area is 73.1 Å². The molecule has 0 saturated heterocycles. The van der Waals surface area contributed by atoms with Crippen LogP contribution in [-0.4, -0.2) is 30.2 Å². The number of aliphatic carboxylic acids is 1. The molecule has 1 atom stereocenters. The van der Waals surface area contributed by atoms with Crippen LogP contribution < -0.4 is 11.1 Å². The highest BCUT2D eigenvalue weighted by Gasteiger charge is 2.14. The van der Waals surface area contributed by atoms with E-state index in [1.165, 1.54) is 0 Å². The average molecular weight is 174 g/mol. The van der Waals surface area contributed by atoms with E-state index in [1.54, 1.807) is 0 Å². The summed E-state index contributed by atoms with van der Waals surface area (Å²) in [5.41, 5.74) is 5.25. The maximum absolute atomic E-state index is 10.6. The number of nitrogens with two attached hydrogens (primary N) is 1. The highest BCUT2D eigenvalue weighted by Crippen LogP contribution is 1.99. The Morgan fingerprint density at radius 3 is 2.75 bits per heavy atom. The minimum Gasteiger partial charge on any atom is -0.480 e. The maximum Gasteiger partial charge on any atom is 0.320 e. The highest BCUT2D eigenvalue weighted by molar-refractivity contribution is 5.73. The summed E-state index contributed by atoms with van der Waals surface area (Å²) >= 11 is 0. The summed E-state index contributed by atoms with van der Waals surface area (Å²) in [6, 6.07) is -0.423. The van der Waals surface area contributed by atoms with Crippen LogP contribution in [0.5, 0.6) is 0 Å². The summed E-state index contributed by atoms with van der Waals surface area (Å²) in [7, 11) is 0. The van der Waals surface area contributed by atoms with Crippen molar-refractivity contribution in [2.75, 3.05) is 13.1 Å². The van der Waals surface area contributed by atoms with Gasteiger partial charge in [-0.2, -0.15) is 0 Å².